The maximum Gasteiger partial charge on any atom is 0.286 e. The van der Waals surface area contributed by atoms with Gasteiger partial charge in [0.1, 0.15) is 11.4 Å². The van der Waals surface area contributed by atoms with Crippen molar-refractivity contribution in [2.24, 2.45) is 0 Å². The number of carbonyl (C=O) groups excluding carboxylic acids is 2. The summed E-state index contributed by atoms with van der Waals surface area (Å²) in [6.07, 6.45) is 2.62. The van der Waals surface area contributed by atoms with E-state index in [0.717, 1.165) is 16.5 Å². The van der Waals surface area contributed by atoms with Crippen LogP contribution >= 0.6 is 15.9 Å². The summed E-state index contributed by atoms with van der Waals surface area (Å²) >= 11 is 3.33. The van der Waals surface area contributed by atoms with Crippen molar-refractivity contribution < 1.29 is 14.3 Å². The molecule has 0 bridgehead atoms. The first kappa shape index (κ1) is 18.1. The van der Waals surface area contributed by atoms with Crippen LogP contribution in [0.4, 0.5) is 0 Å². The number of rotatable bonds is 6. The monoisotopic (exact) mass is 393 g/mol. The van der Waals surface area contributed by atoms with Gasteiger partial charge in [0.05, 0.1) is 0 Å². The highest BCUT2D eigenvalue weighted by atomic mass is 79.9. The Labute approximate surface area is 149 Å². The molecule has 1 heterocycles. The van der Waals surface area contributed by atoms with E-state index >= 15 is 0 Å². The maximum atomic E-state index is 12.1. The molecule has 7 heteroatoms. The van der Waals surface area contributed by atoms with E-state index in [0.29, 0.717) is 18.0 Å². The number of carbonyl (C=O) groups is 2. The molecule has 0 saturated heterocycles. The van der Waals surface area contributed by atoms with Gasteiger partial charge in [0.25, 0.3) is 11.8 Å². The van der Waals surface area contributed by atoms with Crippen LogP contribution in [-0.2, 0) is 17.8 Å². The van der Waals surface area contributed by atoms with Crippen LogP contribution in [0.2, 0.25) is 0 Å². The lowest BCUT2D eigenvalue weighted by molar-refractivity contribution is -0.123. The second-order valence-corrected chi connectivity index (χ2v) is 6.00. The number of nitrogens with zero attached hydrogens (tertiary/aromatic N) is 1. The van der Waals surface area contributed by atoms with Crippen LogP contribution in [-0.4, -0.2) is 23.0 Å². The smallest absolute Gasteiger partial charge is 0.286 e. The van der Waals surface area contributed by atoms with E-state index in [4.69, 9.17) is 4.74 Å². The van der Waals surface area contributed by atoms with E-state index in [1.165, 1.54) is 0 Å². The van der Waals surface area contributed by atoms with E-state index < -0.39 is 5.91 Å². The fourth-order valence-corrected chi connectivity index (χ4v) is 2.70. The number of para-hydroxylation sites is 1. The number of hydrogen-bond acceptors (Lipinski definition) is 3. The Morgan fingerprint density at radius 3 is 2.67 bits per heavy atom. The average Bonchev–Trinajstić information content (AvgIpc) is 2.99. The molecule has 2 aromatic rings. The van der Waals surface area contributed by atoms with E-state index in [1.807, 2.05) is 44.3 Å². The minimum Gasteiger partial charge on any atom is -0.483 e. The minimum atomic E-state index is -0.428. The Hall–Kier alpha value is -2.28. The number of nitrogens with one attached hydrogen (secondary N) is 2. The molecular formula is C17H20BrN3O3. The van der Waals surface area contributed by atoms with Gasteiger partial charge in [0.15, 0.2) is 6.61 Å². The Balaban J connectivity index is 1.85. The van der Waals surface area contributed by atoms with Gasteiger partial charge in [-0.1, -0.05) is 25.1 Å². The number of hydrogen-bond donors (Lipinski definition) is 2. The van der Waals surface area contributed by atoms with Crippen LogP contribution in [0.25, 0.3) is 0 Å². The van der Waals surface area contributed by atoms with E-state index in [-0.39, 0.29) is 12.5 Å². The Kier molecular flexibility index (Phi) is 6.43. The normalized spacial score (nSPS) is 10.3. The van der Waals surface area contributed by atoms with E-state index in [9.17, 15) is 9.59 Å². The molecule has 0 aliphatic carbocycles. The lowest BCUT2D eigenvalue weighted by Gasteiger charge is -2.11. The molecule has 1 aromatic carbocycles. The molecule has 0 fully saturated rings. The highest BCUT2D eigenvalue weighted by molar-refractivity contribution is 9.10. The Bertz CT molecular complexity index is 728. The zero-order chi connectivity index (χ0) is 17.5. The van der Waals surface area contributed by atoms with Crippen LogP contribution < -0.4 is 15.6 Å². The molecule has 2 amide bonds. The third-order valence-corrected chi connectivity index (χ3v) is 3.90. The number of amides is 2. The summed E-state index contributed by atoms with van der Waals surface area (Å²) in [7, 11) is 0. The van der Waals surface area contributed by atoms with Crippen molar-refractivity contribution in [2.45, 2.75) is 26.8 Å². The molecule has 0 unspecified atom stereocenters. The Morgan fingerprint density at radius 2 is 1.96 bits per heavy atom. The van der Waals surface area contributed by atoms with Crippen LogP contribution in [0, 0.1) is 0 Å². The fourth-order valence-electron chi connectivity index (χ4n) is 2.23. The van der Waals surface area contributed by atoms with Crippen LogP contribution in [0.1, 0.15) is 29.9 Å². The van der Waals surface area contributed by atoms with Crippen molar-refractivity contribution in [1.82, 2.24) is 15.4 Å². The molecule has 24 heavy (non-hydrogen) atoms. The summed E-state index contributed by atoms with van der Waals surface area (Å²) in [5, 5.41) is 0. The van der Waals surface area contributed by atoms with Gasteiger partial charge < -0.3 is 9.30 Å². The first-order valence-corrected chi connectivity index (χ1v) is 8.50. The molecule has 0 radical (unpaired) electrons. The summed E-state index contributed by atoms with van der Waals surface area (Å²) in [5.74, 6) is -0.141. The van der Waals surface area contributed by atoms with Crippen molar-refractivity contribution in [3.8, 4) is 5.75 Å². The quantitative estimate of drug-likeness (QED) is 0.740. The summed E-state index contributed by atoms with van der Waals surface area (Å²) in [6, 6.07) is 9.24. The molecule has 1 aromatic heterocycles. The predicted octanol–water partition coefficient (Wildman–Crippen LogP) is 2.67. The third kappa shape index (κ3) is 4.61. The molecule has 0 saturated carbocycles. The summed E-state index contributed by atoms with van der Waals surface area (Å²) in [4.78, 5) is 24.0. The molecule has 6 nitrogen and oxygen atoms in total. The first-order valence-electron chi connectivity index (χ1n) is 7.70. The molecule has 0 aliphatic heterocycles. The number of hydrazine groups is 1. The second-order valence-electron chi connectivity index (χ2n) is 5.08. The summed E-state index contributed by atoms with van der Waals surface area (Å²) in [6.45, 7) is 4.43. The molecule has 0 aliphatic rings. The molecule has 2 rings (SSSR count). The average molecular weight is 394 g/mol. The van der Waals surface area contributed by atoms with Gasteiger partial charge in [-0.2, -0.15) is 0 Å². The number of halogens is 1. The molecule has 0 spiro atoms. The highest BCUT2D eigenvalue weighted by Gasteiger charge is 2.13. The summed E-state index contributed by atoms with van der Waals surface area (Å²) < 4.78 is 8.08. The first-order chi connectivity index (χ1) is 11.5. The van der Waals surface area contributed by atoms with Crippen molar-refractivity contribution in [2.75, 3.05) is 6.61 Å². The van der Waals surface area contributed by atoms with Gasteiger partial charge in [-0.05, 0) is 47.0 Å². The highest BCUT2D eigenvalue weighted by Crippen LogP contribution is 2.18. The van der Waals surface area contributed by atoms with Gasteiger partial charge >= 0.3 is 0 Å². The lowest BCUT2D eigenvalue weighted by atomic mass is 10.1. The van der Waals surface area contributed by atoms with Gasteiger partial charge in [-0.15, -0.1) is 0 Å². The molecular weight excluding hydrogens is 374 g/mol. The maximum absolute atomic E-state index is 12.1. The number of benzene rings is 1. The zero-order valence-electron chi connectivity index (χ0n) is 13.6. The van der Waals surface area contributed by atoms with Crippen molar-refractivity contribution >= 4 is 27.7 Å². The summed E-state index contributed by atoms with van der Waals surface area (Å²) in [5.41, 5.74) is 6.24. The van der Waals surface area contributed by atoms with Crippen molar-refractivity contribution in [1.29, 1.82) is 0 Å². The van der Waals surface area contributed by atoms with Gasteiger partial charge in [0.2, 0.25) is 0 Å². The lowest BCUT2D eigenvalue weighted by Crippen LogP contribution is -2.44. The second kappa shape index (κ2) is 8.54. The SMILES string of the molecule is CCc1ccccc1OCC(=O)NNC(=O)c1cc(Br)cn1CC. The fraction of sp³-hybridized carbons (Fsp3) is 0.294. The largest absolute Gasteiger partial charge is 0.483 e. The third-order valence-electron chi connectivity index (χ3n) is 3.46. The minimum absolute atomic E-state index is 0.171. The Morgan fingerprint density at radius 1 is 1.21 bits per heavy atom. The van der Waals surface area contributed by atoms with Gasteiger partial charge in [0, 0.05) is 17.2 Å². The topological polar surface area (TPSA) is 72.4 Å². The number of aryl methyl sites for hydroxylation is 2. The zero-order valence-corrected chi connectivity index (χ0v) is 15.2. The number of ether oxygens (including phenoxy) is 1. The molecule has 2 N–H and O–H groups in total. The van der Waals surface area contributed by atoms with Crippen LogP contribution in [0.15, 0.2) is 41.0 Å². The number of aromatic nitrogens is 1. The van der Waals surface area contributed by atoms with Gasteiger partial charge in [-0.25, -0.2) is 0 Å². The van der Waals surface area contributed by atoms with Gasteiger partial charge in [-0.3, -0.25) is 20.4 Å². The van der Waals surface area contributed by atoms with E-state index in [1.54, 1.807) is 10.6 Å². The molecule has 0 atom stereocenters. The van der Waals surface area contributed by atoms with Crippen molar-refractivity contribution in [3.63, 3.8) is 0 Å². The van der Waals surface area contributed by atoms with Crippen molar-refractivity contribution in [3.05, 3.63) is 52.3 Å². The standard InChI is InChI=1S/C17H20BrN3O3/c1-3-12-7-5-6-8-15(12)24-11-16(22)19-20-17(23)14-9-13(18)10-21(14)4-2/h5-10H,3-4,11H2,1-2H3,(H,19,22)(H,20,23). The van der Waals surface area contributed by atoms with Crippen LogP contribution in [0.3, 0.4) is 0 Å². The predicted molar refractivity (Wildman–Crippen MR) is 94.7 cm³/mol. The van der Waals surface area contributed by atoms with Crippen LogP contribution in [0.5, 0.6) is 5.75 Å². The van der Waals surface area contributed by atoms with E-state index in [2.05, 4.69) is 26.8 Å². The molecule has 128 valence electrons.